The Morgan fingerprint density at radius 3 is 1.11 bits per heavy atom. The van der Waals surface area contributed by atoms with E-state index >= 15 is 0 Å². The van der Waals surface area contributed by atoms with Gasteiger partial charge in [0.05, 0.1) is 58.9 Å². The first-order valence-electron chi connectivity index (χ1n) is 25.5. The Hall–Kier alpha value is -1.02. The van der Waals surface area contributed by atoms with Crippen molar-refractivity contribution >= 4 is 0 Å². The van der Waals surface area contributed by atoms with Crippen LogP contribution in [0.5, 0.6) is 0 Å². The highest BCUT2D eigenvalue weighted by molar-refractivity contribution is 5.27. The number of ether oxygens (including phenoxy) is 6. The van der Waals surface area contributed by atoms with E-state index in [1.807, 2.05) is 0 Å². The third-order valence-electron chi connectivity index (χ3n) is 8.92. The summed E-state index contributed by atoms with van der Waals surface area (Å²) < 4.78 is 179. The molecule has 0 aromatic rings. The topological polar surface area (TPSA) is 55.4 Å². The fourth-order valence-electron chi connectivity index (χ4n) is 3.88. The first kappa shape index (κ1) is 24.2. The van der Waals surface area contributed by atoms with Crippen molar-refractivity contribution in [3.05, 3.63) is 33.4 Å². The van der Waals surface area contributed by atoms with E-state index in [2.05, 4.69) is 0 Å². The third-order valence-corrected chi connectivity index (χ3v) is 8.92. The fraction of sp³-hybridized carbons (Fsp3) is 0.854. The van der Waals surface area contributed by atoms with Crippen LogP contribution < -0.4 is 0 Å². The molecule has 1 unspecified atom stereocenters. The minimum atomic E-state index is -2.61. The highest BCUT2D eigenvalue weighted by Gasteiger charge is 2.31. The van der Waals surface area contributed by atoms with Gasteiger partial charge in [-0.1, -0.05) is 7.43 Å². The van der Waals surface area contributed by atoms with Crippen molar-refractivity contribution in [3.8, 4) is 0 Å². The molecule has 0 amide bonds. The summed E-state index contributed by atoms with van der Waals surface area (Å²) in [6.45, 7) is 21.7. The number of hydrogen-bond donors (Lipinski definition) is 0. The van der Waals surface area contributed by atoms with E-state index in [0.29, 0.717) is 33.4 Å². The molecule has 1 atom stereocenters. The molecule has 0 saturated heterocycles. The lowest BCUT2D eigenvalue weighted by Crippen LogP contribution is -2.34. The molecule has 0 aliphatic rings. The highest BCUT2D eigenvalue weighted by Crippen LogP contribution is 2.33. The quantitative estimate of drug-likeness (QED) is 0.159. The van der Waals surface area contributed by atoms with Gasteiger partial charge in [0.2, 0.25) is 0 Å². The number of hydrogen-bond acceptors (Lipinski definition) is 6. The van der Waals surface area contributed by atoms with Crippen LogP contribution in [0, 0.1) is 0 Å². The predicted molar refractivity (Wildman–Crippen MR) is 207 cm³/mol. The van der Waals surface area contributed by atoms with Crippen LogP contribution in [0.1, 0.15) is 187 Å². The van der Waals surface area contributed by atoms with Crippen molar-refractivity contribution in [2.45, 2.75) is 199 Å². The summed E-state index contributed by atoms with van der Waals surface area (Å²) in [6.07, 6.45) is -2.09. The normalized spacial score (nSPS) is 24.2. The molecule has 0 fully saturated rings. The molecule has 6 heteroatoms. The van der Waals surface area contributed by atoms with Crippen LogP contribution in [0.15, 0.2) is 33.4 Å². The molecule has 47 heavy (non-hydrogen) atoms. The monoisotopic (exact) mass is 693 g/mol. The molecule has 0 rings (SSSR count). The second-order valence-corrected chi connectivity index (χ2v) is 14.2. The van der Waals surface area contributed by atoms with E-state index in [4.69, 9.17) is 55.8 Å². The summed E-state index contributed by atoms with van der Waals surface area (Å²) in [4.78, 5) is 0. The molecular formula is C41H84O6. The Bertz CT molecular complexity index is 1660. The van der Waals surface area contributed by atoms with Gasteiger partial charge < -0.3 is 28.4 Å². The maximum atomic E-state index is 7.94. The summed E-state index contributed by atoms with van der Waals surface area (Å²) in [6, 6.07) is 0. The van der Waals surface area contributed by atoms with Gasteiger partial charge in [-0.3, -0.25) is 0 Å². The zero-order valence-corrected chi connectivity index (χ0v) is 32.2. The third kappa shape index (κ3) is 17.5. The van der Waals surface area contributed by atoms with E-state index < -0.39 is 94.5 Å². The molecule has 0 aromatic heterocycles. The van der Waals surface area contributed by atoms with Crippen molar-refractivity contribution in [3.63, 3.8) is 0 Å². The molecule has 6 nitrogen and oxygen atoms in total. The molecule has 0 aliphatic carbocycles. The molecule has 0 radical (unpaired) electrons. The van der Waals surface area contributed by atoms with Gasteiger partial charge in [0.1, 0.15) is 0 Å². The van der Waals surface area contributed by atoms with Crippen LogP contribution in [0.25, 0.3) is 0 Å². The summed E-state index contributed by atoms with van der Waals surface area (Å²) >= 11 is 0. The zero-order chi connectivity index (χ0) is 54.5. The molecule has 0 spiro atoms. The van der Waals surface area contributed by atoms with Gasteiger partial charge in [-0.05, 0) is 186 Å². The van der Waals surface area contributed by atoms with Gasteiger partial charge in [-0.15, -0.1) is 0 Å². The van der Waals surface area contributed by atoms with E-state index in [-0.39, 0.29) is 7.43 Å². The molecule has 0 aliphatic heterocycles. The van der Waals surface area contributed by atoms with Crippen molar-refractivity contribution in [2.75, 3.05) is 34.2 Å². The van der Waals surface area contributed by atoms with Crippen LogP contribution in [0.3, 0.4) is 0 Å². The molecule has 0 heterocycles. The van der Waals surface area contributed by atoms with E-state index in [0.717, 1.165) is 0 Å². The van der Waals surface area contributed by atoms with Crippen molar-refractivity contribution in [1.82, 2.24) is 0 Å². The Labute approximate surface area is 323 Å². The standard InChI is InChI=1S/C14H28O2.2C13H26O2.CH4/c1-10(2)16-14(7,8)12(4)11(3)13(5,6)15-9;2*1-9-15-13(6,7)11(3)10(2)12(4,5)14-8;/h10H,1-9H3;2*9H2,1-8H3;1H4/b12-11-;2*11-10-;/i1D3,9D3,10D;1D2,8D3,9D2;1D,8D3,9D2;. The van der Waals surface area contributed by atoms with Crippen molar-refractivity contribution < 1.29 is 55.8 Å². The van der Waals surface area contributed by atoms with Gasteiger partial charge in [0.15, 0.2) is 0 Å². The highest BCUT2D eigenvalue weighted by atomic mass is 16.5. The van der Waals surface area contributed by atoms with Crippen molar-refractivity contribution in [2.24, 2.45) is 0 Å². The van der Waals surface area contributed by atoms with Gasteiger partial charge in [0.25, 0.3) is 0 Å². The maximum Gasteiger partial charge on any atom is 0.0839 e. The van der Waals surface area contributed by atoms with E-state index in [9.17, 15) is 0 Å². The molecule has 0 saturated carbocycles. The number of rotatable bonds is 15. The minimum absolute atomic E-state index is 0. The fourth-order valence-corrected chi connectivity index (χ4v) is 3.88. The van der Waals surface area contributed by atoms with Crippen LogP contribution >= 0.6 is 0 Å². The predicted octanol–water partition coefficient (Wildman–Crippen LogP) is 11.7. The van der Waals surface area contributed by atoms with Gasteiger partial charge in [-0.2, -0.15) is 0 Å². The second-order valence-electron chi connectivity index (χ2n) is 14.2. The molecule has 0 bridgehead atoms. The summed E-state index contributed by atoms with van der Waals surface area (Å²) in [5, 5.41) is 0. The lowest BCUT2D eigenvalue weighted by Gasteiger charge is -2.34. The summed E-state index contributed by atoms with van der Waals surface area (Å²) in [5.41, 5.74) is -2.66. The molecule has 284 valence electrons. The lowest BCUT2D eigenvalue weighted by molar-refractivity contribution is -0.0339. The first-order valence-corrected chi connectivity index (χ1v) is 15.1. The second kappa shape index (κ2) is 21.3. The Kier molecular flexibility index (Phi) is 11.0. The molecular weight excluding hydrogens is 588 g/mol. The zero-order valence-electron chi connectivity index (χ0n) is 52.2. The Balaban J connectivity index is -0.000000441. The van der Waals surface area contributed by atoms with E-state index in [1.165, 1.54) is 6.92 Å². The molecule has 0 aromatic carbocycles. The van der Waals surface area contributed by atoms with E-state index in [1.54, 1.807) is 125 Å². The molecule has 0 N–H and O–H groups in total. The number of methoxy groups -OCH3 is 3. The average molecular weight is 693 g/mol. The lowest BCUT2D eigenvalue weighted by atomic mass is 9.87. The summed E-state index contributed by atoms with van der Waals surface area (Å²) in [5.74, 6) is 0. The average Bonchev–Trinajstić information content (AvgIpc) is 3.01. The van der Waals surface area contributed by atoms with Crippen LogP contribution in [0.4, 0.5) is 0 Å². The van der Waals surface area contributed by atoms with Gasteiger partial charge in [0, 0.05) is 42.5 Å². The largest absolute Gasteiger partial charge is 0.374 e. The maximum absolute atomic E-state index is 7.94. The smallest absolute Gasteiger partial charge is 0.0839 e. The first-order chi connectivity index (χ1) is 28.2. The Morgan fingerprint density at radius 2 is 0.830 bits per heavy atom. The van der Waals surface area contributed by atoms with Gasteiger partial charge in [-0.25, -0.2) is 0 Å². The van der Waals surface area contributed by atoms with Crippen molar-refractivity contribution in [1.29, 1.82) is 0 Å². The van der Waals surface area contributed by atoms with Gasteiger partial charge >= 0.3 is 0 Å². The van der Waals surface area contributed by atoms with Crippen LogP contribution in [0.2, 0.25) is 0 Å². The van der Waals surface area contributed by atoms with Crippen LogP contribution in [-0.4, -0.2) is 73.9 Å². The Morgan fingerprint density at radius 1 is 0.532 bits per heavy atom. The SMILES string of the molecule is C.[2H]C([2H])([2H])OC(C)(C)/C(C)=C(/C)C(C)(C)OC([2H])(C)C([2H])([2H])[2H].[2H]C([2H])C([2H])([2H])OC(C)(C)/C(C)=C(/C)C(C)(C)OC([2H])([2H])[2H].[2H]CC([2H])([2H])OC(C)(C)/C(C)=C(/C)C(C)(C)OC([2H])([2H])[2H]. The minimum Gasteiger partial charge on any atom is -0.374 e. The van der Waals surface area contributed by atoms with Crippen LogP contribution in [-0.2, 0) is 28.4 Å². The summed E-state index contributed by atoms with van der Waals surface area (Å²) in [7, 11) is -7.64.